The molecule has 0 atom stereocenters. The van der Waals surface area contributed by atoms with Gasteiger partial charge in [0.2, 0.25) is 12.7 Å². The van der Waals surface area contributed by atoms with Crippen molar-refractivity contribution in [1.29, 1.82) is 0 Å². The molecule has 2 aromatic rings. The second-order valence-electron chi connectivity index (χ2n) is 6.62. The van der Waals surface area contributed by atoms with Crippen molar-refractivity contribution in [3.63, 3.8) is 0 Å². The van der Waals surface area contributed by atoms with Crippen LogP contribution >= 0.6 is 23.4 Å². The van der Waals surface area contributed by atoms with Crippen molar-refractivity contribution in [2.24, 2.45) is 0 Å². The van der Waals surface area contributed by atoms with Crippen molar-refractivity contribution in [3.8, 4) is 11.5 Å². The van der Waals surface area contributed by atoms with Crippen molar-refractivity contribution in [2.45, 2.75) is 0 Å². The third-order valence-corrected chi connectivity index (χ3v) is 5.66. The zero-order chi connectivity index (χ0) is 21.8. The fraction of sp³-hybridized carbons (Fsp3) is 0.136. The minimum atomic E-state index is -0.390. The number of rotatable bonds is 6. The highest BCUT2D eigenvalue weighted by atomic mass is 35.5. The van der Waals surface area contributed by atoms with Gasteiger partial charge in [-0.2, -0.15) is 0 Å². The first kappa shape index (κ1) is 21.0. The number of carbonyl (C=O) groups is 3. The molecule has 31 heavy (non-hydrogen) atoms. The number of hydrogen-bond acceptors (Lipinski definition) is 6. The second-order valence-corrected chi connectivity index (χ2v) is 8.05. The van der Waals surface area contributed by atoms with Crippen LogP contribution in [0.15, 0.2) is 53.4 Å². The third-order valence-electron chi connectivity index (χ3n) is 4.50. The predicted octanol–water partition coefficient (Wildman–Crippen LogP) is 3.93. The topological polar surface area (TPSA) is 84.9 Å². The first-order valence-electron chi connectivity index (χ1n) is 9.36. The molecule has 0 aliphatic carbocycles. The SMILES string of the molecule is O=C(/C=C/c1ccc(Cl)cc1)NCCN1C(=O)S/C(=C\c2ccc3c(c2)OCO3)C1=O. The number of imide groups is 1. The average Bonchev–Trinajstić information content (AvgIpc) is 3.32. The van der Waals surface area contributed by atoms with Crippen LogP contribution in [0.1, 0.15) is 11.1 Å². The molecular weight excluding hydrogens is 440 g/mol. The fourth-order valence-corrected chi connectivity index (χ4v) is 3.93. The minimum Gasteiger partial charge on any atom is -0.454 e. The molecule has 2 heterocycles. The number of fused-ring (bicyclic) bond motifs is 1. The highest BCUT2D eigenvalue weighted by Gasteiger charge is 2.34. The number of ether oxygens (including phenoxy) is 2. The summed E-state index contributed by atoms with van der Waals surface area (Å²) in [6.45, 7) is 0.402. The van der Waals surface area contributed by atoms with Crippen LogP contribution in [-0.2, 0) is 9.59 Å². The van der Waals surface area contributed by atoms with Gasteiger partial charge in [0, 0.05) is 24.2 Å². The highest BCUT2D eigenvalue weighted by molar-refractivity contribution is 8.18. The Labute approximate surface area is 187 Å². The van der Waals surface area contributed by atoms with Crippen LogP contribution in [-0.4, -0.2) is 41.8 Å². The molecule has 0 radical (unpaired) electrons. The molecule has 0 bridgehead atoms. The summed E-state index contributed by atoms with van der Waals surface area (Å²) < 4.78 is 10.6. The number of carbonyl (C=O) groups excluding carboxylic acids is 3. The largest absolute Gasteiger partial charge is 0.454 e. The Morgan fingerprint density at radius 3 is 2.65 bits per heavy atom. The number of thioether (sulfide) groups is 1. The molecule has 0 spiro atoms. The lowest BCUT2D eigenvalue weighted by Crippen LogP contribution is -2.36. The van der Waals surface area contributed by atoms with E-state index in [2.05, 4.69) is 5.32 Å². The van der Waals surface area contributed by atoms with E-state index >= 15 is 0 Å². The molecule has 3 amide bonds. The summed E-state index contributed by atoms with van der Waals surface area (Å²) in [4.78, 5) is 38.2. The molecule has 4 rings (SSSR count). The highest BCUT2D eigenvalue weighted by Crippen LogP contribution is 2.36. The van der Waals surface area contributed by atoms with Crippen LogP contribution in [0.2, 0.25) is 5.02 Å². The zero-order valence-electron chi connectivity index (χ0n) is 16.2. The number of benzene rings is 2. The molecule has 0 unspecified atom stereocenters. The molecule has 2 aromatic carbocycles. The lowest BCUT2D eigenvalue weighted by molar-refractivity contribution is -0.123. The maximum atomic E-state index is 12.6. The summed E-state index contributed by atoms with van der Waals surface area (Å²) in [6.07, 6.45) is 4.68. The van der Waals surface area contributed by atoms with Gasteiger partial charge in [-0.15, -0.1) is 0 Å². The van der Waals surface area contributed by atoms with Crippen LogP contribution in [0.5, 0.6) is 11.5 Å². The Kier molecular flexibility index (Phi) is 6.29. The van der Waals surface area contributed by atoms with E-state index in [9.17, 15) is 14.4 Å². The number of nitrogens with zero attached hydrogens (tertiary/aromatic N) is 1. The van der Waals surface area contributed by atoms with Gasteiger partial charge in [-0.25, -0.2) is 0 Å². The van der Waals surface area contributed by atoms with Gasteiger partial charge in [-0.1, -0.05) is 29.8 Å². The number of hydrogen-bond donors (Lipinski definition) is 1. The van der Waals surface area contributed by atoms with Gasteiger partial charge >= 0.3 is 0 Å². The summed E-state index contributed by atoms with van der Waals surface area (Å²) in [6, 6.07) is 12.3. The molecule has 2 aliphatic rings. The first-order valence-corrected chi connectivity index (χ1v) is 10.6. The minimum absolute atomic E-state index is 0.0870. The molecule has 1 saturated heterocycles. The van der Waals surface area contributed by atoms with E-state index < -0.39 is 5.91 Å². The summed E-state index contributed by atoms with van der Waals surface area (Å²) >= 11 is 6.69. The van der Waals surface area contributed by atoms with Crippen molar-refractivity contribution in [2.75, 3.05) is 19.9 Å². The number of amides is 3. The van der Waals surface area contributed by atoms with Crippen molar-refractivity contribution in [1.82, 2.24) is 10.2 Å². The summed E-state index contributed by atoms with van der Waals surface area (Å²) in [5.41, 5.74) is 1.56. The van der Waals surface area contributed by atoms with E-state index in [-0.39, 0.29) is 31.0 Å². The Morgan fingerprint density at radius 2 is 1.84 bits per heavy atom. The normalized spacial score (nSPS) is 16.5. The van der Waals surface area contributed by atoms with Crippen LogP contribution < -0.4 is 14.8 Å². The van der Waals surface area contributed by atoms with Crippen molar-refractivity contribution in [3.05, 3.63) is 69.6 Å². The van der Waals surface area contributed by atoms with Crippen LogP contribution in [0.3, 0.4) is 0 Å². The molecular formula is C22H17ClN2O5S. The van der Waals surface area contributed by atoms with Crippen molar-refractivity contribution >= 4 is 52.6 Å². The van der Waals surface area contributed by atoms with Gasteiger partial charge < -0.3 is 14.8 Å². The van der Waals surface area contributed by atoms with E-state index in [4.69, 9.17) is 21.1 Å². The molecule has 9 heteroatoms. The van der Waals surface area contributed by atoms with Gasteiger partial charge in [0.05, 0.1) is 4.91 Å². The van der Waals surface area contributed by atoms with Gasteiger partial charge in [0.25, 0.3) is 11.1 Å². The Bertz CT molecular complexity index is 1100. The Balaban J connectivity index is 1.31. The van der Waals surface area contributed by atoms with Gasteiger partial charge in [0.15, 0.2) is 11.5 Å². The maximum absolute atomic E-state index is 12.6. The zero-order valence-corrected chi connectivity index (χ0v) is 17.7. The molecule has 158 valence electrons. The van der Waals surface area contributed by atoms with Gasteiger partial charge in [-0.05, 0) is 59.3 Å². The molecule has 0 aromatic heterocycles. The van der Waals surface area contributed by atoms with Gasteiger partial charge in [0.1, 0.15) is 0 Å². The summed E-state index contributed by atoms with van der Waals surface area (Å²) in [5, 5.41) is 2.91. The standard InChI is InChI=1S/C22H17ClN2O5S/c23-16-5-1-14(2-6-16)4-8-20(26)24-9-10-25-21(27)19(31-22(25)28)12-15-3-7-17-18(11-15)30-13-29-17/h1-8,11-12H,9-10,13H2,(H,24,26)/b8-4+,19-12-. The lowest BCUT2D eigenvalue weighted by atomic mass is 10.2. The second kappa shape index (κ2) is 9.28. The predicted molar refractivity (Wildman–Crippen MR) is 119 cm³/mol. The lowest BCUT2D eigenvalue weighted by Gasteiger charge is -2.12. The Morgan fingerprint density at radius 1 is 1.10 bits per heavy atom. The third kappa shape index (κ3) is 5.10. The van der Waals surface area contributed by atoms with Crippen LogP contribution in [0, 0.1) is 0 Å². The molecule has 7 nitrogen and oxygen atoms in total. The van der Waals surface area contributed by atoms with E-state index in [1.54, 1.807) is 54.6 Å². The fourth-order valence-electron chi connectivity index (χ4n) is 2.94. The smallest absolute Gasteiger partial charge is 0.293 e. The summed E-state index contributed by atoms with van der Waals surface area (Å²) in [7, 11) is 0. The maximum Gasteiger partial charge on any atom is 0.293 e. The molecule has 0 saturated carbocycles. The molecule has 1 fully saturated rings. The number of halogens is 1. The average molecular weight is 457 g/mol. The Hall–Kier alpha value is -3.23. The monoisotopic (exact) mass is 456 g/mol. The first-order chi connectivity index (χ1) is 15.0. The van der Waals surface area contributed by atoms with Crippen LogP contribution in [0.4, 0.5) is 4.79 Å². The number of nitrogens with one attached hydrogen (secondary N) is 1. The van der Waals surface area contributed by atoms with E-state index in [1.165, 1.54) is 6.08 Å². The van der Waals surface area contributed by atoms with Crippen molar-refractivity contribution < 1.29 is 23.9 Å². The molecule has 2 aliphatic heterocycles. The van der Waals surface area contributed by atoms with E-state index in [0.717, 1.165) is 27.8 Å². The van der Waals surface area contributed by atoms with E-state index in [0.29, 0.717) is 21.4 Å². The summed E-state index contributed by atoms with van der Waals surface area (Å²) in [5.74, 6) is 0.532. The van der Waals surface area contributed by atoms with Gasteiger partial charge in [-0.3, -0.25) is 19.3 Å². The van der Waals surface area contributed by atoms with E-state index in [1.807, 2.05) is 0 Å². The molecule has 1 N–H and O–H groups in total. The quantitative estimate of drug-likeness (QED) is 0.663. The van der Waals surface area contributed by atoms with Crippen LogP contribution in [0.25, 0.3) is 12.2 Å².